The summed E-state index contributed by atoms with van der Waals surface area (Å²) in [6.07, 6.45) is 0.837. The average Bonchev–Trinajstić information content (AvgIpc) is 2.31. The summed E-state index contributed by atoms with van der Waals surface area (Å²) in [6.45, 7) is 2.74. The van der Waals surface area contributed by atoms with Crippen LogP contribution in [-0.2, 0) is 6.42 Å². The topological polar surface area (TPSA) is 44.5 Å². The van der Waals surface area contributed by atoms with Gasteiger partial charge in [-0.15, -0.1) is 11.8 Å². The Kier molecular flexibility index (Phi) is 5.49. The Morgan fingerprint density at radius 1 is 1.19 bits per heavy atom. The van der Waals surface area contributed by atoms with Crippen LogP contribution in [0.15, 0.2) is 17.0 Å². The fraction of sp³-hybridized carbons (Fsp3) is 0.500. The molecule has 3 nitrogen and oxygen atoms in total. The largest absolute Gasteiger partial charge is 0.495 e. The molecule has 0 atom stereocenters. The number of methoxy groups -OCH3 is 2. The van der Waals surface area contributed by atoms with Crippen LogP contribution in [0.1, 0.15) is 12.5 Å². The third-order valence-corrected chi connectivity index (χ3v) is 3.22. The fourth-order valence-electron chi connectivity index (χ4n) is 1.53. The zero-order valence-electron chi connectivity index (χ0n) is 10.1. The fourth-order valence-corrected chi connectivity index (χ4v) is 2.39. The first-order chi connectivity index (χ1) is 7.76. The lowest BCUT2D eigenvalue weighted by atomic mass is 10.1. The molecule has 0 fully saturated rings. The molecule has 0 saturated heterocycles. The summed E-state index contributed by atoms with van der Waals surface area (Å²) in [5.41, 5.74) is 6.70. The minimum absolute atomic E-state index is 0.632. The summed E-state index contributed by atoms with van der Waals surface area (Å²) in [5.74, 6) is 2.73. The summed E-state index contributed by atoms with van der Waals surface area (Å²) in [7, 11) is 3.36. The highest BCUT2D eigenvalue weighted by molar-refractivity contribution is 7.99. The minimum Gasteiger partial charge on any atom is -0.495 e. The second-order valence-corrected chi connectivity index (χ2v) is 4.58. The lowest BCUT2D eigenvalue weighted by Gasteiger charge is -2.14. The highest BCUT2D eigenvalue weighted by Crippen LogP contribution is 2.38. The second kappa shape index (κ2) is 6.66. The molecule has 0 aliphatic carbocycles. The number of ether oxygens (including phenoxy) is 2. The van der Waals surface area contributed by atoms with Gasteiger partial charge in [0.05, 0.1) is 19.1 Å². The quantitative estimate of drug-likeness (QED) is 0.776. The van der Waals surface area contributed by atoms with Crippen LogP contribution in [-0.4, -0.2) is 26.5 Å². The maximum absolute atomic E-state index is 5.55. The van der Waals surface area contributed by atoms with Crippen molar-refractivity contribution in [3.05, 3.63) is 17.7 Å². The molecule has 1 rings (SSSR count). The average molecular weight is 241 g/mol. The summed E-state index contributed by atoms with van der Waals surface area (Å²) < 4.78 is 10.8. The van der Waals surface area contributed by atoms with Crippen molar-refractivity contribution >= 4 is 11.8 Å². The number of benzene rings is 1. The van der Waals surface area contributed by atoms with Gasteiger partial charge in [-0.05, 0) is 36.4 Å². The van der Waals surface area contributed by atoms with E-state index in [4.69, 9.17) is 15.2 Å². The first kappa shape index (κ1) is 13.2. The zero-order valence-corrected chi connectivity index (χ0v) is 10.9. The van der Waals surface area contributed by atoms with Crippen molar-refractivity contribution in [2.75, 3.05) is 26.5 Å². The molecule has 0 bridgehead atoms. The molecule has 2 N–H and O–H groups in total. The van der Waals surface area contributed by atoms with Gasteiger partial charge in [-0.25, -0.2) is 0 Å². The van der Waals surface area contributed by atoms with Gasteiger partial charge in [-0.3, -0.25) is 0 Å². The lowest BCUT2D eigenvalue weighted by Crippen LogP contribution is -2.04. The maximum atomic E-state index is 5.55. The third-order valence-electron chi connectivity index (χ3n) is 2.24. The Labute approximate surface area is 101 Å². The molecule has 1 aromatic carbocycles. The maximum Gasteiger partial charge on any atom is 0.136 e. The van der Waals surface area contributed by atoms with Crippen LogP contribution in [0.25, 0.3) is 0 Å². The van der Waals surface area contributed by atoms with Crippen molar-refractivity contribution < 1.29 is 9.47 Å². The lowest BCUT2D eigenvalue weighted by molar-refractivity contribution is 0.375. The van der Waals surface area contributed by atoms with E-state index in [2.05, 4.69) is 6.92 Å². The summed E-state index contributed by atoms with van der Waals surface area (Å²) in [6, 6.07) is 4.07. The van der Waals surface area contributed by atoms with Crippen LogP contribution in [0.5, 0.6) is 11.5 Å². The Morgan fingerprint density at radius 2 is 1.75 bits per heavy atom. The number of thioether (sulfide) groups is 1. The van der Waals surface area contributed by atoms with Crippen molar-refractivity contribution in [1.82, 2.24) is 0 Å². The molecule has 90 valence electrons. The molecule has 0 amide bonds. The van der Waals surface area contributed by atoms with E-state index in [-0.39, 0.29) is 0 Å². The Morgan fingerprint density at radius 3 is 2.12 bits per heavy atom. The molecule has 0 spiro atoms. The summed E-state index contributed by atoms with van der Waals surface area (Å²) in [5, 5.41) is 0. The molecule has 16 heavy (non-hydrogen) atoms. The van der Waals surface area contributed by atoms with Crippen molar-refractivity contribution in [3.8, 4) is 11.5 Å². The van der Waals surface area contributed by atoms with Crippen LogP contribution in [0, 0.1) is 0 Å². The Hall–Kier alpha value is -0.870. The molecule has 0 unspecified atom stereocenters. The van der Waals surface area contributed by atoms with Gasteiger partial charge in [0, 0.05) is 0 Å². The van der Waals surface area contributed by atoms with E-state index in [1.54, 1.807) is 26.0 Å². The first-order valence-electron chi connectivity index (χ1n) is 5.34. The van der Waals surface area contributed by atoms with E-state index in [0.29, 0.717) is 6.54 Å². The monoisotopic (exact) mass is 241 g/mol. The molecule has 0 heterocycles. The SMILES string of the molecule is CCSc1c(OC)cc(CCN)cc1OC. The predicted octanol–water partition coefficient (Wildman–Crippen LogP) is 2.32. The molecular weight excluding hydrogens is 222 g/mol. The zero-order chi connectivity index (χ0) is 12.0. The number of hydrogen-bond acceptors (Lipinski definition) is 4. The van der Waals surface area contributed by atoms with Crippen LogP contribution in [0.2, 0.25) is 0 Å². The van der Waals surface area contributed by atoms with Crippen LogP contribution < -0.4 is 15.2 Å². The second-order valence-electron chi connectivity index (χ2n) is 3.30. The van der Waals surface area contributed by atoms with E-state index in [1.807, 2.05) is 12.1 Å². The minimum atomic E-state index is 0.632. The standard InChI is InChI=1S/C12H19NO2S/c1-4-16-12-10(14-2)7-9(5-6-13)8-11(12)15-3/h7-8H,4-6,13H2,1-3H3. The summed E-state index contributed by atoms with van der Waals surface area (Å²) in [4.78, 5) is 1.06. The third kappa shape index (κ3) is 3.06. The van der Waals surface area contributed by atoms with E-state index in [0.717, 1.165) is 34.1 Å². The van der Waals surface area contributed by atoms with Gasteiger partial charge in [-0.2, -0.15) is 0 Å². The van der Waals surface area contributed by atoms with E-state index < -0.39 is 0 Å². The predicted molar refractivity (Wildman–Crippen MR) is 68.7 cm³/mol. The first-order valence-corrected chi connectivity index (χ1v) is 6.33. The molecule has 0 aliphatic rings. The number of hydrogen-bond donors (Lipinski definition) is 1. The van der Waals surface area contributed by atoms with Gasteiger partial charge in [0.2, 0.25) is 0 Å². The van der Waals surface area contributed by atoms with Gasteiger partial charge in [0.25, 0.3) is 0 Å². The van der Waals surface area contributed by atoms with Crippen molar-refractivity contribution in [2.45, 2.75) is 18.2 Å². The molecule has 4 heteroatoms. The van der Waals surface area contributed by atoms with Gasteiger partial charge >= 0.3 is 0 Å². The molecule has 0 radical (unpaired) electrons. The Balaban J connectivity index is 3.14. The molecule has 1 aromatic rings. The van der Waals surface area contributed by atoms with E-state index in [1.165, 1.54) is 0 Å². The number of nitrogens with two attached hydrogens (primary N) is 1. The molecule has 0 aromatic heterocycles. The van der Waals surface area contributed by atoms with E-state index >= 15 is 0 Å². The molecule has 0 aliphatic heterocycles. The summed E-state index contributed by atoms with van der Waals surface area (Å²) >= 11 is 1.72. The normalized spacial score (nSPS) is 10.2. The smallest absolute Gasteiger partial charge is 0.136 e. The van der Waals surface area contributed by atoms with Crippen molar-refractivity contribution in [2.24, 2.45) is 5.73 Å². The van der Waals surface area contributed by atoms with Crippen molar-refractivity contribution in [1.29, 1.82) is 0 Å². The highest BCUT2D eigenvalue weighted by Gasteiger charge is 2.12. The Bertz CT molecular complexity index is 317. The van der Waals surface area contributed by atoms with Gasteiger partial charge in [0.15, 0.2) is 0 Å². The van der Waals surface area contributed by atoms with Crippen LogP contribution in [0.3, 0.4) is 0 Å². The molecule has 0 saturated carbocycles. The van der Waals surface area contributed by atoms with Gasteiger partial charge < -0.3 is 15.2 Å². The highest BCUT2D eigenvalue weighted by atomic mass is 32.2. The van der Waals surface area contributed by atoms with Crippen molar-refractivity contribution in [3.63, 3.8) is 0 Å². The van der Waals surface area contributed by atoms with Crippen LogP contribution in [0.4, 0.5) is 0 Å². The van der Waals surface area contributed by atoms with E-state index in [9.17, 15) is 0 Å². The molecular formula is C12H19NO2S. The number of rotatable bonds is 6. The van der Waals surface area contributed by atoms with Crippen LogP contribution >= 0.6 is 11.8 Å². The van der Waals surface area contributed by atoms with Gasteiger partial charge in [-0.1, -0.05) is 6.92 Å². The van der Waals surface area contributed by atoms with Gasteiger partial charge in [0.1, 0.15) is 11.5 Å².